The van der Waals surface area contributed by atoms with Gasteiger partial charge in [0.1, 0.15) is 0 Å². The van der Waals surface area contributed by atoms with Crippen LogP contribution >= 0.6 is 0 Å². The minimum absolute atomic E-state index is 0.251. The summed E-state index contributed by atoms with van der Waals surface area (Å²) in [5.74, 6) is -1.01. The van der Waals surface area contributed by atoms with Crippen molar-refractivity contribution in [3.63, 3.8) is 0 Å². The van der Waals surface area contributed by atoms with Crippen molar-refractivity contribution in [3.05, 3.63) is 48.6 Å². The molecule has 0 aromatic heterocycles. The van der Waals surface area contributed by atoms with Gasteiger partial charge in [-0.15, -0.1) is 0 Å². The lowest BCUT2D eigenvalue weighted by Crippen LogP contribution is -2.05. The molecule has 0 spiro atoms. The van der Waals surface area contributed by atoms with Gasteiger partial charge in [-0.2, -0.15) is 0 Å². The quantitative estimate of drug-likeness (QED) is 0.0257. The number of hydrogen-bond donors (Lipinski definition) is 0. The predicted octanol–water partition coefficient (Wildman–Crippen LogP) is 36.5. The summed E-state index contributed by atoms with van der Waals surface area (Å²) in [5, 5.41) is 0. The van der Waals surface area contributed by atoms with Crippen molar-refractivity contribution in [3.8, 4) is 0 Å². The first kappa shape index (κ1) is 117. The van der Waals surface area contributed by atoms with Crippen LogP contribution in [-0.2, 0) is 38.1 Å². The zero-order valence-corrected chi connectivity index (χ0v) is 78.9. The Hall–Kier alpha value is -3.16. The molecule has 0 N–H and O–H groups in total. The van der Waals surface area contributed by atoms with E-state index in [1.807, 2.05) is 0 Å². The van der Waals surface area contributed by atoms with E-state index in [2.05, 4.69) is 54.0 Å². The number of hydrogen-bond acceptors (Lipinski definition) is 8. The minimum Gasteiger partial charge on any atom is -0.462 e. The SMILES string of the molecule is C=C(C)C(=O)OCCCCCCCCCCCCCCCCCCCCC.C=C(C)C(=O)OCCCCCCCCCCCCCCCCCCCCCC.C=C(C)C(=O)OCCCCCCCCCCCCCCCCCCCCCCC.C=C(C)C(=O)OCCCCCCCCCCCCCCCCCCCCCCCC. The third-order valence-corrected chi connectivity index (χ3v) is 22.8. The molecular formula is C106H204O8. The molecule has 0 aromatic rings. The van der Waals surface area contributed by atoms with Crippen molar-refractivity contribution in [2.24, 2.45) is 0 Å². The average molecular weight is 1610 g/mol. The summed E-state index contributed by atoms with van der Waals surface area (Å²) in [6, 6.07) is 0. The fourth-order valence-corrected chi connectivity index (χ4v) is 14.9. The van der Waals surface area contributed by atoms with Gasteiger partial charge < -0.3 is 18.9 Å². The van der Waals surface area contributed by atoms with Crippen LogP contribution in [0.25, 0.3) is 0 Å². The van der Waals surface area contributed by atoms with E-state index < -0.39 is 0 Å². The van der Waals surface area contributed by atoms with Gasteiger partial charge in [-0.05, 0) is 53.4 Å². The summed E-state index contributed by atoms with van der Waals surface area (Å²) in [6.07, 6.45) is 114. The maximum atomic E-state index is 11.2. The zero-order chi connectivity index (χ0) is 84.3. The Bertz CT molecular complexity index is 1970. The fraction of sp³-hybridized carbons (Fsp3) is 0.887. The molecule has 0 unspecified atom stereocenters. The minimum atomic E-state index is -0.252. The normalized spacial score (nSPS) is 10.9. The van der Waals surface area contributed by atoms with Gasteiger partial charge in [-0.3, -0.25) is 0 Å². The van der Waals surface area contributed by atoms with Gasteiger partial charge in [-0.1, -0.05) is 555 Å². The van der Waals surface area contributed by atoms with E-state index in [0.29, 0.717) is 48.7 Å². The fourth-order valence-electron chi connectivity index (χ4n) is 14.9. The van der Waals surface area contributed by atoms with Crippen LogP contribution in [0.4, 0.5) is 0 Å². The number of ether oxygens (including phenoxy) is 4. The van der Waals surface area contributed by atoms with Crippen LogP contribution < -0.4 is 0 Å². The third kappa shape index (κ3) is 111. The van der Waals surface area contributed by atoms with Crippen molar-refractivity contribution >= 4 is 23.9 Å². The lowest BCUT2D eigenvalue weighted by atomic mass is 10.0. The molecule has 8 nitrogen and oxygen atoms in total. The number of carbonyl (C=O) groups excluding carboxylic acids is 4. The first-order chi connectivity index (χ1) is 55.7. The van der Waals surface area contributed by atoms with Crippen LogP contribution in [0.15, 0.2) is 48.6 Å². The van der Waals surface area contributed by atoms with E-state index in [-0.39, 0.29) is 23.9 Å². The molecule has 0 bridgehead atoms. The standard InChI is InChI=1S/C28H54O2.C27H52O2.C26H50O2.C25H48O2/c1-4-5-6-7-8-9-10-11-12-13-14-15-16-17-18-19-20-21-22-23-24-25-26-30-28(29)27(2)3;1-4-5-6-7-8-9-10-11-12-13-14-15-16-17-18-19-20-21-22-23-24-25-29-27(28)26(2)3;1-4-5-6-7-8-9-10-11-12-13-14-15-16-17-18-19-20-21-22-23-24-28-26(27)25(2)3;1-4-5-6-7-8-9-10-11-12-13-14-15-16-17-18-19-20-21-22-23-27-25(26)24(2)3/h2,4-26H2,1,3H3;2,4-25H2,1,3H3;2,4-24H2,1,3H3;2,4-23H2,1,3H3. The van der Waals surface area contributed by atoms with Crippen molar-refractivity contribution in [2.75, 3.05) is 26.4 Å². The van der Waals surface area contributed by atoms with Crippen molar-refractivity contribution in [2.45, 2.75) is 582 Å². The lowest BCUT2D eigenvalue weighted by molar-refractivity contribution is -0.139. The van der Waals surface area contributed by atoms with E-state index >= 15 is 0 Å². The van der Waals surface area contributed by atoms with Gasteiger partial charge in [0.15, 0.2) is 0 Å². The van der Waals surface area contributed by atoms with E-state index in [1.54, 1.807) is 27.7 Å². The van der Waals surface area contributed by atoms with Gasteiger partial charge in [0.25, 0.3) is 0 Å². The summed E-state index contributed by atoms with van der Waals surface area (Å²) >= 11 is 0. The summed E-state index contributed by atoms with van der Waals surface area (Å²) < 4.78 is 20.4. The second kappa shape index (κ2) is 106. The van der Waals surface area contributed by atoms with E-state index in [1.165, 1.54) is 501 Å². The highest BCUT2D eigenvalue weighted by Gasteiger charge is 2.08. The van der Waals surface area contributed by atoms with Crippen LogP contribution in [0.1, 0.15) is 582 Å². The molecular weight excluding hydrogens is 1400 g/mol. The highest BCUT2D eigenvalue weighted by Crippen LogP contribution is 2.22. The van der Waals surface area contributed by atoms with Crippen molar-refractivity contribution in [1.29, 1.82) is 0 Å². The summed E-state index contributed by atoms with van der Waals surface area (Å²) in [5.41, 5.74) is 1.98. The van der Waals surface area contributed by atoms with E-state index in [4.69, 9.17) is 18.9 Å². The smallest absolute Gasteiger partial charge is 0.333 e. The molecule has 0 atom stereocenters. The summed E-state index contributed by atoms with van der Waals surface area (Å²) in [6.45, 7) is 32.5. The average Bonchev–Trinajstić information content (AvgIpc) is 1.07. The molecule has 114 heavy (non-hydrogen) atoms. The van der Waals surface area contributed by atoms with Crippen LogP contribution in [-0.4, -0.2) is 50.3 Å². The Morgan fingerprint density at radius 2 is 0.211 bits per heavy atom. The first-order valence-corrected chi connectivity index (χ1v) is 51.0. The maximum Gasteiger partial charge on any atom is 0.333 e. The Morgan fingerprint density at radius 1 is 0.140 bits per heavy atom. The Kier molecular flexibility index (Phi) is 109. The molecule has 0 amide bonds. The lowest BCUT2D eigenvalue weighted by Gasteiger charge is -2.05. The monoisotopic (exact) mass is 1610 g/mol. The number of rotatable bonds is 90. The van der Waals surface area contributed by atoms with Crippen LogP contribution in [0.5, 0.6) is 0 Å². The topological polar surface area (TPSA) is 105 Å². The van der Waals surface area contributed by atoms with Gasteiger partial charge in [0, 0.05) is 22.3 Å². The molecule has 0 aliphatic carbocycles. The Balaban J connectivity index is -0.000000708. The third-order valence-electron chi connectivity index (χ3n) is 22.8. The van der Waals surface area contributed by atoms with Gasteiger partial charge in [0.2, 0.25) is 0 Å². The molecule has 0 saturated carbocycles. The number of unbranched alkanes of at least 4 members (excludes halogenated alkanes) is 78. The molecule has 0 saturated heterocycles. The summed E-state index contributed by atoms with van der Waals surface area (Å²) in [7, 11) is 0. The van der Waals surface area contributed by atoms with Gasteiger partial charge in [0.05, 0.1) is 26.4 Å². The van der Waals surface area contributed by atoms with Crippen molar-refractivity contribution < 1.29 is 38.1 Å². The Morgan fingerprint density at radius 3 is 0.281 bits per heavy atom. The van der Waals surface area contributed by atoms with E-state index in [9.17, 15) is 19.2 Å². The zero-order valence-electron chi connectivity index (χ0n) is 78.9. The van der Waals surface area contributed by atoms with Crippen LogP contribution in [0, 0.1) is 0 Å². The molecule has 0 heterocycles. The Labute approximate surface area is 714 Å². The molecule has 0 fully saturated rings. The van der Waals surface area contributed by atoms with Gasteiger partial charge in [-0.25, -0.2) is 19.2 Å². The molecule has 0 aromatic carbocycles. The second-order valence-corrected chi connectivity index (χ2v) is 35.2. The number of carbonyl (C=O) groups is 4. The molecule has 8 heteroatoms. The van der Waals surface area contributed by atoms with E-state index in [0.717, 1.165) is 25.7 Å². The largest absolute Gasteiger partial charge is 0.462 e. The predicted molar refractivity (Wildman–Crippen MR) is 504 cm³/mol. The van der Waals surface area contributed by atoms with Crippen molar-refractivity contribution in [1.82, 2.24) is 0 Å². The highest BCUT2D eigenvalue weighted by molar-refractivity contribution is 5.88. The first-order valence-electron chi connectivity index (χ1n) is 51.0. The molecule has 0 radical (unpaired) electrons. The second-order valence-electron chi connectivity index (χ2n) is 35.2. The summed E-state index contributed by atoms with van der Waals surface area (Å²) in [4.78, 5) is 44.9. The van der Waals surface area contributed by atoms with Crippen LogP contribution in [0.3, 0.4) is 0 Å². The van der Waals surface area contributed by atoms with Crippen LogP contribution in [0.2, 0.25) is 0 Å². The maximum absolute atomic E-state index is 11.2. The molecule has 0 rings (SSSR count). The highest BCUT2D eigenvalue weighted by atomic mass is 16.5. The molecule has 0 aliphatic rings. The van der Waals surface area contributed by atoms with Gasteiger partial charge >= 0.3 is 23.9 Å². The molecule has 0 aliphatic heterocycles. The number of esters is 4. The molecule has 676 valence electrons.